The Kier molecular flexibility index (Phi) is 5.47. The van der Waals surface area contributed by atoms with E-state index in [0.717, 1.165) is 40.6 Å². The summed E-state index contributed by atoms with van der Waals surface area (Å²) in [7, 11) is 5.35. The predicted molar refractivity (Wildman–Crippen MR) is 102 cm³/mol. The molecule has 0 saturated heterocycles. The largest absolute Gasteiger partial charge is 0.497 e. The molecule has 5 heteroatoms. The van der Waals surface area contributed by atoms with Crippen LogP contribution in [-0.2, 0) is 17.8 Å². The lowest BCUT2D eigenvalue weighted by Crippen LogP contribution is -3.12. The van der Waals surface area contributed by atoms with Crippen LogP contribution in [0.3, 0.4) is 0 Å². The summed E-state index contributed by atoms with van der Waals surface area (Å²) < 4.78 is 10.7. The first-order valence-corrected chi connectivity index (χ1v) is 8.97. The molecular formula is C21H27N2O3+. The van der Waals surface area contributed by atoms with Gasteiger partial charge in [-0.05, 0) is 37.1 Å². The minimum atomic E-state index is -0.145. The van der Waals surface area contributed by atoms with Gasteiger partial charge < -0.3 is 19.3 Å². The van der Waals surface area contributed by atoms with Gasteiger partial charge in [-0.3, -0.25) is 4.79 Å². The lowest BCUT2D eigenvalue weighted by molar-refractivity contribution is -0.908. The second-order valence-electron chi connectivity index (χ2n) is 6.79. The van der Waals surface area contributed by atoms with Crippen LogP contribution >= 0.6 is 0 Å². The van der Waals surface area contributed by atoms with Crippen molar-refractivity contribution in [2.24, 2.45) is 0 Å². The zero-order valence-corrected chi connectivity index (χ0v) is 15.9. The van der Waals surface area contributed by atoms with Crippen molar-refractivity contribution in [3.63, 3.8) is 0 Å². The minimum Gasteiger partial charge on any atom is -0.497 e. The van der Waals surface area contributed by atoms with Gasteiger partial charge in [-0.25, -0.2) is 0 Å². The highest BCUT2D eigenvalue weighted by Crippen LogP contribution is 2.28. The molecule has 1 heterocycles. The van der Waals surface area contributed by atoms with Gasteiger partial charge in [0.1, 0.15) is 18.0 Å². The highest BCUT2D eigenvalue weighted by Gasteiger charge is 2.32. The number of anilines is 1. The van der Waals surface area contributed by atoms with Crippen LogP contribution in [0.25, 0.3) is 0 Å². The Hall–Kier alpha value is -2.53. The van der Waals surface area contributed by atoms with Gasteiger partial charge in [-0.15, -0.1) is 0 Å². The molecule has 1 N–H and O–H groups in total. The number of carbonyl (C=O) groups is 1. The summed E-state index contributed by atoms with van der Waals surface area (Å²) in [6.45, 7) is 3.46. The zero-order chi connectivity index (χ0) is 18.7. The number of para-hydroxylation sites is 1. The van der Waals surface area contributed by atoms with Crippen molar-refractivity contribution in [3.05, 3.63) is 53.6 Å². The summed E-state index contributed by atoms with van der Waals surface area (Å²) >= 11 is 0. The summed E-state index contributed by atoms with van der Waals surface area (Å²) in [5.41, 5.74) is 3.37. The van der Waals surface area contributed by atoms with E-state index in [4.69, 9.17) is 9.47 Å². The van der Waals surface area contributed by atoms with E-state index in [2.05, 4.69) is 6.07 Å². The van der Waals surface area contributed by atoms with E-state index in [0.29, 0.717) is 6.54 Å². The van der Waals surface area contributed by atoms with Crippen molar-refractivity contribution in [1.29, 1.82) is 0 Å². The third-order valence-corrected chi connectivity index (χ3v) is 5.23. The molecule has 2 aromatic carbocycles. The van der Waals surface area contributed by atoms with Gasteiger partial charge in [0.15, 0.2) is 6.04 Å². The maximum atomic E-state index is 13.0. The minimum absolute atomic E-state index is 0.145. The highest BCUT2D eigenvalue weighted by molar-refractivity contribution is 5.97. The van der Waals surface area contributed by atoms with E-state index in [1.807, 2.05) is 55.3 Å². The second kappa shape index (κ2) is 7.79. The maximum absolute atomic E-state index is 13.0. The fourth-order valence-corrected chi connectivity index (χ4v) is 3.46. The van der Waals surface area contributed by atoms with E-state index in [-0.39, 0.29) is 11.9 Å². The van der Waals surface area contributed by atoms with E-state index >= 15 is 0 Å². The van der Waals surface area contributed by atoms with Crippen molar-refractivity contribution < 1.29 is 19.2 Å². The number of likely N-dealkylation sites (N-methyl/N-ethyl adjacent to an activating group) is 1. The molecule has 1 unspecified atom stereocenters. The third kappa shape index (κ3) is 3.53. The zero-order valence-electron chi connectivity index (χ0n) is 15.9. The number of nitrogens with one attached hydrogen (secondary N) is 1. The van der Waals surface area contributed by atoms with Gasteiger partial charge >= 0.3 is 0 Å². The fraction of sp³-hybridized carbons (Fsp3) is 0.381. The van der Waals surface area contributed by atoms with Crippen LogP contribution < -0.4 is 19.3 Å². The molecule has 0 aromatic heterocycles. The first kappa shape index (κ1) is 18.3. The van der Waals surface area contributed by atoms with Crippen LogP contribution in [0.5, 0.6) is 11.5 Å². The van der Waals surface area contributed by atoms with Crippen molar-refractivity contribution in [1.82, 2.24) is 0 Å². The number of methoxy groups -OCH3 is 2. The molecule has 5 nitrogen and oxygen atoms in total. The van der Waals surface area contributed by atoms with Gasteiger partial charge in [0.25, 0.3) is 5.91 Å². The summed E-state index contributed by atoms with van der Waals surface area (Å²) in [6.07, 6.45) is 0.931. The van der Waals surface area contributed by atoms with Crippen molar-refractivity contribution in [2.75, 3.05) is 32.7 Å². The summed E-state index contributed by atoms with van der Waals surface area (Å²) in [6, 6.07) is 13.8. The summed E-state index contributed by atoms with van der Waals surface area (Å²) in [5, 5.41) is 0. The molecule has 0 radical (unpaired) electrons. The first-order chi connectivity index (χ1) is 12.5. The molecule has 26 heavy (non-hydrogen) atoms. The molecule has 3 rings (SSSR count). The van der Waals surface area contributed by atoms with Crippen LogP contribution in [0.4, 0.5) is 5.69 Å². The number of quaternary nitrogens is 1. The number of carbonyl (C=O) groups excluding carboxylic acids is 1. The van der Waals surface area contributed by atoms with Crippen molar-refractivity contribution in [2.45, 2.75) is 25.9 Å². The van der Waals surface area contributed by atoms with E-state index in [9.17, 15) is 4.79 Å². The molecule has 1 aliphatic rings. The molecule has 0 bridgehead atoms. The van der Waals surface area contributed by atoms with Crippen LogP contribution in [0, 0.1) is 0 Å². The Labute approximate surface area is 155 Å². The van der Waals surface area contributed by atoms with E-state index in [1.165, 1.54) is 5.56 Å². The average Bonchev–Trinajstić information content (AvgIpc) is 3.11. The van der Waals surface area contributed by atoms with Crippen LogP contribution in [-0.4, -0.2) is 39.8 Å². The molecule has 0 spiro atoms. The smallest absolute Gasteiger partial charge is 0.284 e. The molecule has 0 saturated carbocycles. The Bertz CT molecular complexity index is 791. The van der Waals surface area contributed by atoms with E-state index in [1.54, 1.807) is 14.2 Å². The lowest BCUT2D eigenvalue weighted by atomic mass is 10.1. The Morgan fingerprint density at radius 2 is 1.96 bits per heavy atom. The molecule has 2 atom stereocenters. The average molecular weight is 355 g/mol. The Morgan fingerprint density at radius 3 is 2.69 bits per heavy atom. The molecular weight excluding hydrogens is 328 g/mol. The van der Waals surface area contributed by atoms with Crippen LogP contribution in [0.15, 0.2) is 42.5 Å². The molecule has 138 valence electrons. The number of benzene rings is 2. The number of nitrogens with zero attached hydrogens (tertiary/aromatic N) is 1. The normalized spacial score (nSPS) is 15.3. The molecule has 1 aliphatic heterocycles. The second-order valence-corrected chi connectivity index (χ2v) is 6.79. The number of hydrogen-bond acceptors (Lipinski definition) is 3. The quantitative estimate of drug-likeness (QED) is 0.858. The maximum Gasteiger partial charge on any atom is 0.284 e. The van der Waals surface area contributed by atoms with Gasteiger partial charge in [0, 0.05) is 23.9 Å². The van der Waals surface area contributed by atoms with Gasteiger partial charge in [-0.1, -0.05) is 18.2 Å². The van der Waals surface area contributed by atoms with Gasteiger partial charge in [0.2, 0.25) is 0 Å². The SMILES string of the molecule is COc1ccc(C[NH+](C)[C@H](C)C(=O)N2CCc3ccccc32)c(OC)c1. The lowest BCUT2D eigenvalue weighted by Gasteiger charge is -2.26. The van der Waals surface area contributed by atoms with Crippen molar-refractivity contribution in [3.8, 4) is 11.5 Å². The topological polar surface area (TPSA) is 43.2 Å². The van der Waals surface area contributed by atoms with Crippen LogP contribution in [0.1, 0.15) is 18.1 Å². The monoisotopic (exact) mass is 355 g/mol. The molecule has 0 aliphatic carbocycles. The Balaban J connectivity index is 1.72. The number of ether oxygens (including phenoxy) is 2. The Morgan fingerprint density at radius 1 is 1.19 bits per heavy atom. The molecule has 2 aromatic rings. The fourth-order valence-electron chi connectivity index (χ4n) is 3.46. The van der Waals surface area contributed by atoms with Gasteiger partial charge in [-0.2, -0.15) is 0 Å². The number of hydrogen-bond donors (Lipinski definition) is 1. The predicted octanol–water partition coefficient (Wildman–Crippen LogP) is 1.70. The number of rotatable bonds is 6. The number of fused-ring (bicyclic) bond motifs is 1. The van der Waals surface area contributed by atoms with Crippen molar-refractivity contribution >= 4 is 11.6 Å². The standard InChI is InChI=1S/C21H26N2O3/c1-15(21(24)23-12-11-16-7-5-6-8-19(16)23)22(2)14-17-9-10-18(25-3)13-20(17)26-4/h5-10,13,15H,11-12,14H2,1-4H3/p+1/t15-/m1/s1. The third-order valence-electron chi connectivity index (χ3n) is 5.23. The van der Waals surface area contributed by atoms with Crippen LogP contribution in [0.2, 0.25) is 0 Å². The van der Waals surface area contributed by atoms with E-state index < -0.39 is 0 Å². The highest BCUT2D eigenvalue weighted by atomic mass is 16.5. The molecule has 0 fully saturated rings. The number of amides is 1. The summed E-state index contributed by atoms with van der Waals surface area (Å²) in [4.78, 5) is 16.1. The summed E-state index contributed by atoms with van der Waals surface area (Å²) in [5.74, 6) is 1.72. The first-order valence-electron chi connectivity index (χ1n) is 8.97. The molecule has 1 amide bonds. The van der Waals surface area contributed by atoms with Gasteiger partial charge in [0.05, 0.1) is 21.3 Å².